The van der Waals surface area contributed by atoms with Crippen molar-refractivity contribution in [3.05, 3.63) is 11.6 Å². The van der Waals surface area contributed by atoms with Gasteiger partial charge in [-0.1, -0.05) is 13.8 Å². The second kappa shape index (κ2) is 7.56. The summed E-state index contributed by atoms with van der Waals surface area (Å²) in [5, 5.41) is 12.3. The van der Waals surface area contributed by atoms with Gasteiger partial charge in [-0.05, 0) is 106 Å². The average Bonchev–Trinajstić information content (AvgIpc) is 3.26. The summed E-state index contributed by atoms with van der Waals surface area (Å²) in [6, 6.07) is 0.455. The SMILES string of the molecule is CC(C)ON[C@H]1CC[C@@]2(C)[C@H](CC[C@@H]3[C@@H]2CC[C@]2(C)[C@@H](C4=CC(=O)OC4)CC[C@]32O)C1. The molecule has 0 aromatic rings. The molecule has 1 heterocycles. The van der Waals surface area contributed by atoms with Crippen molar-refractivity contribution in [2.75, 3.05) is 6.61 Å². The van der Waals surface area contributed by atoms with Gasteiger partial charge >= 0.3 is 5.97 Å². The van der Waals surface area contributed by atoms with E-state index in [4.69, 9.17) is 9.57 Å². The summed E-state index contributed by atoms with van der Waals surface area (Å²) in [4.78, 5) is 17.4. The van der Waals surface area contributed by atoms with Crippen LogP contribution in [0, 0.1) is 34.5 Å². The number of carbonyl (C=O) groups excluding carboxylic acids is 1. The van der Waals surface area contributed by atoms with E-state index in [9.17, 15) is 9.90 Å². The van der Waals surface area contributed by atoms with Gasteiger partial charge in [0.2, 0.25) is 0 Å². The Morgan fingerprint density at radius 3 is 2.61 bits per heavy atom. The number of rotatable bonds is 4. The van der Waals surface area contributed by atoms with E-state index in [2.05, 4.69) is 33.2 Å². The van der Waals surface area contributed by atoms with Crippen molar-refractivity contribution in [2.45, 2.75) is 103 Å². The van der Waals surface area contributed by atoms with Gasteiger partial charge in [-0.25, -0.2) is 4.79 Å². The molecule has 0 unspecified atom stereocenters. The van der Waals surface area contributed by atoms with Crippen LogP contribution in [0.4, 0.5) is 0 Å². The van der Waals surface area contributed by atoms with Crippen molar-refractivity contribution in [1.29, 1.82) is 0 Å². The molecule has 1 aliphatic heterocycles. The van der Waals surface area contributed by atoms with Gasteiger partial charge in [-0.3, -0.25) is 4.84 Å². The molecular formula is C26H41NO4. The number of cyclic esters (lactones) is 1. The molecule has 0 aromatic heterocycles. The predicted molar refractivity (Wildman–Crippen MR) is 119 cm³/mol. The van der Waals surface area contributed by atoms with Crippen molar-refractivity contribution in [1.82, 2.24) is 5.48 Å². The summed E-state index contributed by atoms with van der Waals surface area (Å²) in [5.74, 6) is 1.77. The third-order valence-corrected chi connectivity index (χ3v) is 10.5. The van der Waals surface area contributed by atoms with Crippen LogP contribution in [0.2, 0.25) is 0 Å². The Labute approximate surface area is 187 Å². The van der Waals surface area contributed by atoms with Crippen LogP contribution in [0.5, 0.6) is 0 Å². The minimum Gasteiger partial charge on any atom is -0.458 e. The van der Waals surface area contributed by atoms with Gasteiger partial charge in [0.25, 0.3) is 0 Å². The summed E-state index contributed by atoms with van der Waals surface area (Å²) in [7, 11) is 0. The standard InChI is InChI=1S/C26H41NO4/c1-16(2)31-27-19-7-10-24(3)18(14-19)5-6-22-21(24)8-11-25(4)20(9-12-26(22,25)29)17-13-23(28)30-15-17/h13,16,18-22,27,29H,5-12,14-15H2,1-4H3/t18-,19+,20-,21+,22-,24+,25-,26+/m1/s1. The quantitative estimate of drug-likeness (QED) is 0.505. The van der Waals surface area contributed by atoms with Crippen LogP contribution >= 0.6 is 0 Å². The Balaban J connectivity index is 1.35. The van der Waals surface area contributed by atoms with E-state index in [0.717, 1.165) is 37.7 Å². The molecule has 4 aliphatic carbocycles. The zero-order valence-electron chi connectivity index (χ0n) is 19.8. The maximum atomic E-state index is 12.3. The van der Waals surface area contributed by atoms with Crippen LogP contribution in [-0.2, 0) is 14.4 Å². The number of hydrogen-bond acceptors (Lipinski definition) is 5. The molecule has 5 heteroatoms. The summed E-state index contributed by atoms with van der Waals surface area (Å²) in [6.45, 7) is 9.41. The summed E-state index contributed by atoms with van der Waals surface area (Å²) in [6.07, 6.45) is 12.0. The molecule has 4 fully saturated rings. The van der Waals surface area contributed by atoms with Gasteiger partial charge in [0, 0.05) is 17.5 Å². The molecule has 0 aromatic carbocycles. The molecule has 31 heavy (non-hydrogen) atoms. The first kappa shape index (κ1) is 21.9. The largest absolute Gasteiger partial charge is 0.458 e. The van der Waals surface area contributed by atoms with Gasteiger partial charge < -0.3 is 9.84 Å². The van der Waals surface area contributed by atoms with Crippen LogP contribution in [0.25, 0.3) is 0 Å². The van der Waals surface area contributed by atoms with Gasteiger partial charge in [0.05, 0.1) is 11.7 Å². The number of hydroxylamine groups is 1. The van der Waals surface area contributed by atoms with Gasteiger partial charge in [-0.2, -0.15) is 5.48 Å². The van der Waals surface area contributed by atoms with E-state index >= 15 is 0 Å². The van der Waals surface area contributed by atoms with Crippen molar-refractivity contribution >= 4 is 5.97 Å². The van der Waals surface area contributed by atoms with Crippen molar-refractivity contribution in [2.24, 2.45) is 34.5 Å². The molecule has 174 valence electrons. The molecule has 8 atom stereocenters. The van der Waals surface area contributed by atoms with Crippen LogP contribution in [0.15, 0.2) is 11.6 Å². The van der Waals surface area contributed by atoms with E-state index in [1.54, 1.807) is 6.08 Å². The molecule has 0 radical (unpaired) electrons. The fraction of sp³-hybridized carbons (Fsp3) is 0.885. The minimum atomic E-state index is -0.614. The summed E-state index contributed by atoms with van der Waals surface area (Å²) >= 11 is 0. The molecule has 5 nitrogen and oxygen atoms in total. The molecular weight excluding hydrogens is 390 g/mol. The van der Waals surface area contributed by atoms with Crippen LogP contribution in [-0.4, -0.2) is 35.4 Å². The fourth-order valence-corrected chi connectivity index (χ4v) is 8.75. The monoisotopic (exact) mass is 431 g/mol. The minimum absolute atomic E-state index is 0.138. The van der Waals surface area contributed by atoms with Crippen molar-refractivity contribution in [3.8, 4) is 0 Å². The highest BCUT2D eigenvalue weighted by Gasteiger charge is 2.67. The molecule has 5 rings (SSSR count). The number of carbonyl (C=O) groups is 1. The highest BCUT2D eigenvalue weighted by Crippen LogP contribution is 2.69. The van der Waals surface area contributed by atoms with Gasteiger partial charge in [0.15, 0.2) is 0 Å². The van der Waals surface area contributed by atoms with Gasteiger partial charge in [0.1, 0.15) is 6.61 Å². The predicted octanol–water partition coefficient (Wildman–Crippen LogP) is 4.54. The smallest absolute Gasteiger partial charge is 0.331 e. The maximum absolute atomic E-state index is 12.3. The first-order chi connectivity index (χ1) is 14.7. The third-order valence-electron chi connectivity index (χ3n) is 10.5. The number of ether oxygens (including phenoxy) is 1. The topological polar surface area (TPSA) is 67.8 Å². The Morgan fingerprint density at radius 1 is 1.10 bits per heavy atom. The Morgan fingerprint density at radius 2 is 1.90 bits per heavy atom. The Hall–Kier alpha value is -0.910. The van der Waals surface area contributed by atoms with E-state index in [0.29, 0.717) is 35.8 Å². The Bertz CT molecular complexity index is 765. The van der Waals surface area contributed by atoms with E-state index in [1.807, 2.05) is 0 Å². The molecule has 0 spiro atoms. The van der Waals surface area contributed by atoms with Crippen molar-refractivity contribution < 1.29 is 19.5 Å². The second-order valence-corrected chi connectivity index (χ2v) is 12.0. The molecule has 4 saturated carbocycles. The number of hydrogen-bond donors (Lipinski definition) is 2. The van der Waals surface area contributed by atoms with Crippen LogP contribution in [0.1, 0.15) is 85.5 Å². The summed E-state index contributed by atoms with van der Waals surface area (Å²) < 4.78 is 5.24. The lowest BCUT2D eigenvalue weighted by Gasteiger charge is -2.63. The van der Waals surface area contributed by atoms with E-state index in [1.165, 1.54) is 25.7 Å². The van der Waals surface area contributed by atoms with Gasteiger partial charge in [-0.15, -0.1) is 0 Å². The number of esters is 1. The number of aliphatic hydroxyl groups is 1. The molecule has 0 amide bonds. The van der Waals surface area contributed by atoms with E-state index < -0.39 is 5.60 Å². The zero-order chi connectivity index (χ0) is 22.0. The summed E-state index contributed by atoms with van der Waals surface area (Å²) in [5.41, 5.74) is 4.03. The van der Waals surface area contributed by atoms with Crippen molar-refractivity contribution in [3.63, 3.8) is 0 Å². The normalized spacial score (nSPS) is 49.3. The second-order valence-electron chi connectivity index (χ2n) is 12.0. The molecule has 0 bridgehead atoms. The lowest BCUT2D eigenvalue weighted by atomic mass is 9.43. The fourth-order valence-electron chi connectivity index (χ4n) is 8.75. The Kier molecular flexibility index (Phi) is 5.35. The third kappa shape index (κ3) is 3.25. The molecule has 5 aliphatic rings. The number of fused-ring (bicyclic) bond motifs is 5. The lowest BCUT2D eigenvalue weighted by molar-refractivity contribution is -0.207. The van der Waals surface area contributed by atoms with Crippen LogP contribution in [0.3, 0.4) is 0 Å². The maximum Gasteiger partial charge on any atom is 0.331 e. The molecule has 2 N–H and O–H groups in total. The van der Waals surface area contributed by atoms with Crippen LogP contribution < -0.4 is 5.48 Å². The zero-order valence-corrected chi connectivity index (χ0v) is 19.8. The highest BCUT2D eigenvalue weighted by atomic mass is 16.7. The number of nitrogens with one attached hydrogen (secondary N) is 1. The lowest BCUT2D eigenvalue weighted by Crippen LogP contribution is -2.62. The average molecular weight is 432 g/mol. The van der Waals surface area contributed by atoms with E-state index in [-0.39, 0.29) is 23.4 Å². The highest BCUT2D eigenvalue weighted by molar-refractivity contribution is 5.85. The first-order valence-electron chi connectivity index (χ1n) is 12.7. The first-order valence-corrected chi connectivity index (χ1v) is 12.7. The molecule has 0 saturated heterocycles.